The Morgan fingerprint density at radius 1 is 1.25 bits per heavy atom. The number of aromatic amines is 1. The molecule has 0 saturated carbocycles. The molecule has 0 aliphatic heterocycles. The van der Waals surface area contributed by atoms with Crippen LogP contribution in [0.2, 0.25) is 10.2 Å². The average molecular weight is 313 g/mol. The van der Waals surface area contributed by atoms with Crippen LogP contribution in [0.1, 0.15) is 26.4 Å². The standard InChI is InChI=1S/C13H10Cl2N2O3/c14-9-5-10(17-11(9)15)12(18)16-6-7-2-1-3-8(4-7)13(19)20/h1-5,17H,6H2,(H,16,18)(H,19,20). The number of halogens is 2. The number of carbonyl (C=O) groups is 2. The van der Waals surface area contributed by atoms with Crippen molar-refractivity contribution in [3.8, 4) is 0 Å². The van der Waals surface area contributed by atoms with E-state index in [2.05, 4.69) is 10.3 Å². The lowest BCUT2D eigenvalue weighted by atomic mass is 10.1. The van der Waals surface area contributed by atoms with Crippen molar-refractivity contribution in [2.75, 3.05) is 0 Å². The summed E-state index contributed by atoms with van der Waals surface area (Å²) in [4.78, 5) is 25.3. The van der Waals surface area contributed by atoms with Gasteiger partial charge in [0.15, 0.2) is 0 Å². The van der Waals surface area contributed by atoms with Crippen LogP contribution in [0.3, 0.4) is 0 Å². The van der Waals surface area contributed by atoms with Crippen LogP contribution in [-0.2, 0) is 6.54 Å². The fourth-order valence-corrected chi connectivity index (χ4v) is 1.93. The zero-order valence-corrected chi connectivity index (χ0v) is 11.6. The van der Waals surface area contributed by atoms with Crippen molar-refractivity contribution in [2.45, 2.75) is 6.54 Å². The second-order valence-electron chi connectivity index (χ2n) is 4.03. The Bertz CT molecular complexity index is 648. The fraction of sp³-hybridized carbons (Fsp3) is 0.0769. The molecule has 1 amide bonds. The van der Waals surface area contributed by atoms with E-state index in [1.807, 2.05) is 0 Å². The highest BCUT2D eigenvalue weighted by molar-refractivity contribution is 6.41. The summed E-state index contributed by atoms with van der Waals surface area (Å²) in [5, 5.41) is 12.0. The Morgan fingerprint density at radius 3 is 2.60 bits per heavy atom. The van der Waals surface area contributed by atoms with E-state index in [1.165, 1.54) is 18.2 Å². The molecule has 2 rings (SSSR count). The third kappa shape index (κ3) is 3.31. The first-order valence-electron chi connectivity index (χ1n) is 5.62. The van der Waals surface area contributed by atoms with E-state index < -0.39 is 5.97 Å². The van der Waals surface area contributed by atoms with Crippen LogP contribution in [-0.4, -0.2) is 22.0 Å². The predicted octanol–water partition coefficient (Wildman–Crippen LogP) is 2.95. The Hall–Kier alpha value is -1.98. The number of amides is 1. The lowest BCUT2D eigenvalue weighted by Crippen LogP contribution is -2.23. The number of H-pyrrole nitrogens is 1. The van der Waals surface area contributed by atoms with Crippen molar-refractivity contribution in [1.82, 2.24) is 10.3 Å². The fourth-order valence-electron chi connectivity index (χ4n) is 1.62. The molecule has 104 valence electrons. The summed E-state index contributed by atoms with van der Waals surface area (Å²) < 4.78 is 0. The molecule has 7 heteroatoms. The molecule has 0 atom stereocenters. The van der Waals surface area contributed by atoms with E-state index in [0.29, 0.717) is 5.56 Å². The number of nitrogens with one attached hydrogen (secondary N) is 2. The minimum absolute atomic E-state index is 0.169. The quantitative estimate of drug-likeness (QED) is 0.811. The minimum atomic E-state index is -1.01. The van der Waals surface area contributed by atoms with Crippen LogP contribution >= 0.6 is 23.2 Å². The van der Waals surface area contributed by atoms with Crippen LogP contribution in [0, 0.1) is 0 Å². The van der Waals surface area contributed by atoms with Crippen molar-refractivity contribution in [3.63, 3.8) is 0 Å². The van der Waals surface area contributed by atoms with Gasteiger partial charge in [-0.15, -0.1) is 0 Å². The third-order valence-corrected chi connectivity index (χ3v) is 3.29. The molecule has 0 bridgehead atoms. The Morgan fingerprint density at radius 2 is 2.00 bits per heavy atom. The maximum atomic E-state index is 11.8. The van der Waals surface area contributed by atoms with Gasteiger partial charge < -0.3 is 15.4 Å². The van der Waals surface area contributed by atoms with Crippen LogP contribution in [0.4, 0.5) is 0 Å². The van der Waals surface area contributed by atoms with Gasteiger partial charge in [0.05, 0.1) is 10.6 Å². The second-order valence-corrected chi connectivity index (χ2v) is 4.82. The monoisotopic (exact) mass is 312 g/mol. The van der Waals surface area contributed by atoms with Gasteiger partial charge in [-0.2, -0.15) is 0 Å². The highest BCUT2D eigenvalue weighted by atomic mass is 35.5. The molecule has 0 aliphatic rings. The van der Waals surface area contributed by atoms with Gasteiger partial charge >= 0.3 is 5.97 Å². The Kier molecular flexibility index (Phi) is 4.32. The Balaban J connectivity index is 2.03. The summed E-state index contributed by atoms with van der Waals surface area (Å²) in [6.45, 7) is 0.203. The number of aromatic carboxylic acids is 1. The molecule has 1 aromatic carbocycles. The molecule has 20 heavy (non-hydrogen) atoms. The van der Waals surface area contributed by atoms with E-state index in [9.17, 15) is 9.59 Å². The van der Waals surface area contributed by atoms with Gasteiger partial charge in [0.25, 0.3) is 5.91 Å². The first-order valence-corrected chi connectivity index (χ1v) is 6.37. The lowest BCUT2D eigenvalue weighted by molar-refractivity contribution is 0.0696. The van der Waals surface area contributed by atoms with Crippen LogP contribution < -0.4 is 5.32 Å². The molecule has 0 unspecified atom stereocenters. The molecule has 0 spiro atoms. The van der Waals surface area contributed by atoms with Gasteiger partial charge in [0.2, 0.25) is 0 Å². The van der Waals surface area contributed by atoms with Gasteiger partial charge in [-0.1, -0.05) is 35.3 Å². The number of benzene rings is 1. The number of aromatic nitrogens is 1. The molecule has 5 nitrogen and oxygen atoms in total. The highest BCUT2D eigenvalue weighted by Crippen LogP contribution is 2.21. The molecule has 0 radical (unpaired) electrons. The van der Waals surface area contributed by atoms with Crippen molar-refractivity contribution in [3.05, 3.63) is 57.3 Å². The molecule has 0 saturated heterocycles. The number of rotatable bonds is 4. The number of hydrogen-bond acceptors (Lipinski definition) is 2. The molecule has 3 N–H and O–H groups in total. The number of carboxylic acids is 1. The first-order chi connectivity index (χ1) is 9.47. The van der Waals surface area contributed by atoms with Crippen molar-refractivity contribution in [1.29, 1.82) is 0 Å². The van der Waals surface area contributed by atoms with E-state index in [-0.39, 0.29) is 33.9 Å². The summed E-state index contributed by atoms with van der Waals surface area (Å²) in [6, 6.07) is 7.75. The third-order valence-electron chi connectivity index (χ3n) is 2.60. The number of carbonyl (C=O) groups excluding carboxylic acids is 1. The molecule has 1 aromatic heterocycles. The zero-order valence-electron chi connectivity index (χ0n) is 10.1. The highest BCUT2D eigenvalue weighted by Gasteiger charge is 2.11. The van der Waals surface area contributed by atoms with E-state index in [4.69, 9.17) is 28.3 Å². The van der Waals surface area contributed by atoms with Gasteiger partial charge in [0.1, 0.15) is 10.8 Å². The van der Waals surface area contributed by atoms with Gasteiger partial charge in [-0.25, -0.2) is 4.79 Å². The van der Waals surface area contributed by atoms with Gasteiger partial charge in [-0.05, 0) is 23.8 Å². The maximum absolute atomic E-state index is 11.8. The van der Waals surface area contributed by atoms with Crippen molar-refractivity contribution >= 4 is 35.1 Å². The predicted molar refractivity (Wildman–Crippen MR) is 75.4 cm³/mol. The van der Waals surface area contributed by atoms with Crippen molar-refractivity contribution < 1.29 is 14.7 Å². The van der Waals surface area contributed by atoms with Gasteiger partial charge in [0, 0.05) is 6.54 Å². The summed E-state index contributed by atoms with van der Waals surface area (Å²) in [5.74, 6) is -1.39. The first kappa shape index (κ1) is 14.4. The summed E-state index contributed by atoms with van der Waals surface area (Å²) >= 11 is 11.5. The topological polar surface area (TPSA) is 82.2 Å². The lowest BCUT2D eigenvalue weighted by Gasteiger charge is -2.05. The second kappa shape index (κ2) is 5.98. The molecule has 1 heterocycles. The largest absolute Gasteiger partial charge is 0.478 e. The molecular formula is C13H10Cl2N2O3. The zero-order chi connectivity index (χ0) is 14.7. The summed E-state index contributed by atoms with van der Waals surface area (Å²) in [5.41, 5.74) is 1.10. The van der Waals surface area contributed by atoms with E-state index in [0.717, 1.165) is 0 Å². The SMILES string of the molecule is O=C(O)c1cccc(CNC(=O)c2cc(Cl)c(Cl)[nH]2)c1. The van der Waals surface area contributed by atoms with E-state index in [1.54, 1.807) is 12.1 Å². The summed E-state index contributed by atoms with van der Waals surface area (Å²) in [6.07, 6.45) is 0. The average Bonchev–Trinajstić information content (AvgIpc) is 2.76. The van der Waals surface area contributed by atoms with Crippen LogP contribution in [0.15, 0.2) is 30.3 Å². The minimum Gasteiger partial charge on any atom is -0.478 e. The Labute approximate surface area is 124 Å². The summed E-state index contributed by atoms with van der Waals surface area (Å²) in [7, 11) is 0. The molecule has 0 aliphatic carbocycles. The maximum Gasteiger partial charge on any atom is 0.335 e. The normalized spacial score (nSPS) is 10.3. The van der Waals surface area contributed by atoms with Crippen molar-refractivity contribution in [2.24, 2.45) is 0 Å². The number of carboxylic acid groups (broad SMARTS) is 1. The number of hydrogen-bond donors (Lipinski definition) is 3. The smallest absolute Gasteiger partial charge is 0.335 e. The van der Waals surface area contributed by atoms with Crippen LogP contribution in [0.5, 0.6) is 0 Å². The van der Waals surface area contributed by atoms with Gasteiger partial charge in [-0.3, -0.25) is 4.79 Å². The molecule has 2 aromatic rings. The molecule has 0 fully saturated rings. The van der Waals surface area contributed by atoms with E-state index >= 15 is 0 Å². The van der Waals surface area contributed by atoms with Crippen LogP contribution in [0.25, 0.3) is 0 Å². The molecular weight excluding hydrogens is 303 g/mol.